The third kappa shape index (κ3) is 3.75. The Balaban J connectivity index is 2.13. The lowest BCUT2D eigenvalue weighted by Gasteiger charge is -2.15. The number of benzene rings is 2. The summed E-state index contributed by atoms with van der Waals surface area (Å²) in [7, 11) is 0. The van der Waals surface area contributed by atoms with Gasteiger partial charge in [-0.05, 0) is 58.7 Å². The second kappa shape index (κ2) is 6.61. The van der Waals surface area contributed by atoms with Crippen molar-refractivity contribution in [3.05, 3.63) is 68.1 Å². The molecule has 2 aromatic carbocycles. The van der Waals surface area contributed by atoms with Gasteiger partial charge in [0.05, 0.1) is 11.1 Å². The van der Waals surface area contributed by atoms with Gasteiger partial charge >= 0.3 is 0 Å². The average molecular weight is 373 g/mol. The van der Waals surface area contributed by atoms with Crippen molar-refractivity contribution in [2.24, 2.45) is 0 Å². The van der Waals surface area contributed by atoms with Crippen molar-refractivity contribution >= 4 is 45.0 Å². The number of halogens is 3. The molecule has 0 heterocycles. The standard InChI is InChI=1S/C15H12BrCl2NO/c1-9(10-3-2-4-12(17)7-10)19-15(20)11-5-6-13(16)14(18)8-11/h2-9H,1H3,(H,19,20). The van der Waals surface area contributed by atoms with Gasteiger partial charge in [-0.25, -0.2) is 0 Å². The highest BCUT2D eigenvalue weighted by molar-refractivity contribution is 9.10. The Morgan fingerprint density at radius 2 is 1.95 bits per heavy atom. The fraction of sp³-hybridized carbons (Fsp3) is 0.133. The quantitative estimate of drug-likeness (QED) is 0.783. The van der Waals surface area contributed by atoms with Crippen LogP contribution in [0.3, 0.4) is 0 Å². The van der Waals surface area contributed by atoms with Crippen molar-refractivity contribution < 1.29 is 4.79 Å². The van der Waals surface area contributed by atoms with E-state index in [-0.39, 0.29) is 11.9 Å². The molecule has 1 amide bonds. The topological polar surface area (TPSA) is 29.1 Å². The van der Waals surface area contributed by atoms with Gasteiger partial charge in [0.15, 0.2) is 0 Å². The van der Waals surface area contributed by atoms with Gasteiger partial charge < -0.3 is 5.32 Å². The summed E-state index contributed by atoms with van der Waals surface area (Å²) in [5, 5.41) is 4.07. The van der Waals surface area contributed by atoms with Crippen LogP contribution in [0.15, 0.2) is 46.9 Å². The van der Waals surface area contributed by atoms with Gasteiger partial charge in [-0.1, -0.05) is 35.3 Å². The predicted octanol–water partition coefficient (Wildman–Crippen LogP) is 5.25. The Kier molecular flexibility index (Phi) is 5.08. The number of hydrogen-bond donors (Lipinski definition) is 1. The zero-order valence-electron chi connectivity index (χ0n) is 10.7. The summed E-state index contributed by atoms with van der Waals surface area (Å²) in [6.45, 7) is 1.91. The van der Waals surface area contributed by atoms with Crippen molar-refractivity contribution in [1.82, 2.24) is 5.32 Å². The monoisotopic (exact) mass is 371 g/mol. The summed E-state index contributed by atoms with van der Waals surface area (Å²) in [6.07, 6.45) is 0. The van der Waals surface area contributed by atoms with E-state index < -0.39 is 0 Å². The molecule has 0 aliphatic heterocycles. The summed E-state index contributed by atoms with van der Waals surface area (Å²) in [5.41, 5.74) is 1.47. The van der Waals surface area contributed by atoms with E-state index in [2.05, 4.69) is 21.2 Å². The molecule has 1 N–H and O–H groups in total. The molecule has 0 aliphatic rings. The third-order valence-corrected chi connectivity index (χ3v) is 4.35. The maximum Gasteiger partial charge on any atom is 0.251 e. The molecule has 5 heteroatoms. The zero-order chi connectivity index (χ0) is 14.7. The summed E-state index contributed by atoms with van der Waals surface area (Å²) in [4.78, 5) is 12.2. The Hall–Kier alpha value is -1.03. The van der Waals surface area contributed by atoms with Gasteiger partial charge in [-0.15, -0.1) is 0 Å². The molecular formula is C15H12BrCl2NO. The fourth-order valence-electron chi connectivity index (χ4n) is 1.78. The molecule has 2 rings (SSSR count). The summed E-state index contributed by atoms with van der Waals surface area (Å²) in [5.74, 6) is -0.174. The summed E-state index contributed by atoms with van der Waals surface area (Å²) >= 11 is 15.2. The van der Waals surface area contributed by atoms with Crippen LogP contribution in [0.1, 0.15) is 28.9 Å². The van der Waals surface area contributed by atoms with Gasteiger partial charge in [0.1, 0.15) is 0 Å². The first kappa shape index (κ1) is 15.4. The molecule has 0 saturated carbocycles. The van der Waals surface area contributed by atoms with Gasteiger partial charge in [-0.2, -0.15) is 0 Å². The smallest absolute Gasteiger partial charge is 0.251 e. The predicted molar refractivity (Wildman–Crippen MR) is 86.5 cm³/mol. The molecule has 0 saturated heterocycles. The van der Waals surface area contributed by atoms with Crippen molar-refractivity contribution in [1.29, 1.82) is 0 Å². The second-order valence-electron chi connectivity index (χ2n) is 4.38. The highest BCUT2D eigenvalue weighted by Crippen LogP contribution is 2.24. The molecule has 2 aromatic rings. The summed E-state index contributed by atoms with van der Waals surface area (Å²) < 4.78 is 0.763. The van der Waals surface area contributed by atoms with Crippen LogP contribution in [0.25, 0.3) is 0 Å². The molecular weight excluding hydrogens is 361 g/mol. The molecule has 0 fully saturated rings. The van der Waals surface area contributed by atoms with Crippen LogP contribution < -0.4 is 5.32 Å². The Bertz CT molecular complexity index is 646. The SMILES string of the molecule is CC(NC(=O)c1ccc(Br)c(Cl)c1)c1cccc(Cl)c1. The van der Waals surface area contributed by atoms with Crippen molar-refractivity contribution in [3.63, 3.8) is 0 Å². The highest BCUT2D eigenvalue weighted by Gasteiger charge is 2.12. The minimum atomic E-state index is -0.174. The highest BCUT2D eigenvalue weighted by atomic mass is 79.9. The van der Waals surface area contributed by atoms with Gasteiger partial charge in [0, 0.05) is 15.1 Å². The number of carbonyl (C=O) groups excluding carboxylic acids is 1. The van der Waals surface area contributed by atoms with Crippen LogP contribution in [0.2, 0.25) is 10.0 Å². The molecule has 20 heavy (non-hydrogen) atoms. The Labute approximate surface area is 136 Å². The fourth-order valence-corrected chi connectivity index (χ4v) is 2.40. The van der Waals surface area contributed by atoms with Crippen LogP contribution in [-0.4, -0.2) is 5.91 Å². The third-order valence-electron chi connectivity index (χ3n) is 2.88. The molecule has 0 bridgehead atoms. The molecule has 1 unspecified atom stereocenters. The van der Waals surface area contributed by atoms with Gasteiger partial charge in [0.25, 0.3) is 5.91 Å². The minimum absolute atomic E-state index is 0.136. The van der Waals surface area contributed by atoms with E-state index in [1.807, 2.05) is 25.1 Å². The van der Waals surface area contributed by atoms with E-state index in [0.717, 1.165) is 10.0 Å². The average Bonchev–Trinajstić information content (AvgIpc) is 2.41. The van der Waals surface area contributed by atoms with Gasteiger partial charge in [0.2, 0.25) is 0 Å². The van der Waals surface area contributed by atoms with E-state index in [0.29, 0.717) is 15.6 Å². The molecule has 0 aromatic heterocycles. The number of nitrogens with one attached hydrogen (secondary N) is 1. The van der Waals surface area contributed by atoms with Crippen LogP contribution in [-0.2, 0) is 0 Å². The number of amides is 1. The number of carbonyl (C=O) groups is 1. The van der Waals surface area contributed by atoms with Crippen molar-refractivity contribution in [2.75, 3.05) is 0 Å². The van der Waals surface area contributed by atoms with Crippen molar-refractivity contribution in [2.45, 2.75) is 13.0 Å². The molecule has 2 nitrogen and oxygen atoms in total. The lowest BCUT2D eigenvalue weighted by molar-refractivity contribution is 0.0940. The van der Waals surface area contributed by atoms with Crippen molar-refractivity contribution in [3.8, 4) is 0 Å². The van der Waals surface area contributed by atoms with E-state index in [4.69, 9.17) is 23.2 Å². The maximum absolute atomic E-state index is 12.2. The van der Waals surface area contributed by atoms with Gasteiger partial charge in [-0.3, -0.25) is 4.79 Å². The molecule has 0 radical (unpaired) electrons. The van der Waals surface area contributed by atoms with E-state index >= 15 is 0 Å². The van der Waals surface area contributed by atoms with Crippen LogP contribution in [0.5, 0.6) is 0 Å². The number of hydrogen-bond acceptors (Lipinski definition) is 1. The number of rotatable bonds is 3. The first-order valence-electron chi connectivity index (χ1n) is 5.99. The van der Waals surface area contributed by atoms with Crippen LogP contribution >= 0.6 is 39.1 Å². The molecule has 1 atom stereocenters. The largest absolute Gasteiger partial charge is 0.346 e. The van der Waals surface area contributed by atoms with Crippen LogP contribution in [0.4, 0.5) is 0 Å². The lowest BCUT2D eigenvalue weighted by atomic mass is 10.1. The summed E-state index contributed by atoms with van der Waals surface area (Å²) in [6, 6.07) is 12.4. The first-order chi connectivity index (χ1) is 9.47. The Morgan fingerprint density at radius 3 is 2.60 bits per heavy atom. The first-order valence-corrected chi connectivity index (χ1v) is 7.53. The zero-order valence-corrected chi connectivity index (χ0v) is 13.8. The molecule has 0 aliphatic carbocycles. The van der Waals surface area contributed by atoms with Crippen LogP contribution in [0, 0.1) is 0 Å². The second-order valence-corrected chi connectivity index (χ2v) is 6.08. The minimum Gasteiger partial charge on any atom is -0.346 e. The van der Waals surface area contributed by atoms with E-state index in [1.165, 1.54) is 0 Å². The molecule has 0 spiro atoms. The van der Waals surface area contributed by atoms with E-state index in [9.17, 15) is 4.79 Å². The lowest BCUT2D eigenvalue weighted by Crippen LogP contribution is -2.26. The Morgan fingerprint density at radius 1 is 1.20 bits per heavy atom. The molecule has 104 valence electrons. The van der Waals surface area contributed by atoms with E-state index in [1.54, 1.807) is 24.3 Å². The maximum atomic E-state index is 12.2. The normalized spacial score (nSPS) is 12.0.